The van der Waals surface area contributed by atoms with Crippen molar-refractivity contribution in [2.45, 2.75) is 43.9 Å². The summed E-state index contributed by atoms with van der Waals surface area (Å²) >= 11 is 12.3. The second kappa shape index (κ2) is 12.3. The Balaban J connectivity index is 0.000000541. The van der Waals surface area contributed by atoms with Crippen LogP contribution >= 0.6 is 23.2 Å². The molecular formula is C29H29Cl2F3N2O7. The molecular weight excluding hydrogens is 616 g/mol. The number of likely N-dealkylation sites (tertiary alicyclic amines) is 1. The molecule has 3 aliphatic rings. The summed E-state index contributed by atoms with van der Waals surface area (Å²) in [6.45, 7) is 2.65. The van der Waals surface area contributed by atoms with Crippen molar-refractivity contribution in [3.05, 3.63) is 52.0 Å². The number of piperidine rings is 1. The quantitative estimate of drug-likeness (QED) is 0.341. The van der Waals surface area contributed by atoms with E-state index in [4.69, 9.17) is 42.6 Å². The number of esters is 1. The number of carboxylic acid groups (broad SMARTS) is 1. The first-order valence-corrected chi connectivity index (χ1v) is 14.1. The number of carbonyl (C=O) groups is 4. The van der Waals surface area contributed by atoms with Crippen molar-refractivity contribution in [2.24, 2.45) is 11.8 Å². The highest BCUT2D eigenvalue weighted by Gasteiger charge is 2.72. The van der Waals surface area contributed by atoms with Gasteiger partial charge in [0, 0.05) is 18.2 Å². The molecule has 0 aliphatic carbocycles. The van der Waals surface area contributed by atoms with Gasteiger partial charge in [0.05, 0.1) is 36.1 Å². The molecule has 0 radical (unpaired) electrons. The smallest absolute Gasteiger partial charge is 0.490 e. The summed E-state index contributed by atoms with van der Waals surface area (Å²) < 4.78 is 42.8. The van der Waals surface area contributed by atoms with Crippen molar-refractivity contribution in [1.82, 2.24) is 9.80 Å². The average Bonchev–Trinajstić information content (AvgIpc) is 3.43. The van der Waals surface area contributed by atoms with Gasteiger partial charge in [-0.05, 0) is 62.1 Å². The predicted octanol–water partition coefficient (Wildman–Crippen LogP) is 5.38. The number of fused-ring (bicyclic) bond motifs is 3. The fourth-order valence-corrected chi connectivity index (χ4v) is 6.82. The molecule has 43 heavy (non-hydrogen) atoms. The second-order valence-electron chi connectivity index (χ2n) is 10.3. The van der Waals surface area contributed by atoms with E-state index >= 15 is 0 Å². The van der Waals surface area contributed by atoms with Gasteiger partial charge in [0.25, 0.3) is 0 Å². The van der Waals surface area contributed by atoms with Crippen LogP contribution in [-0.4, -0.2) is 77.7 Å². The Hall–Kier alpha value is -3.35. The third-order valence-corrected chi connectivity index (χ3v) is 8.99. The number of methoxy groups -OCH3 is 2. The van der Waals surface area contributed by atoms with Crippen LogP contribution in [0.3, 0.4) is 0 Å². The molecule has 2 amide bonds. The lowest BCUT2D eigenvalue weighted by atomic mass is 9.75. The van der Waals surface area contributed by atoms with E-state index in [2.05, 4.69) is 0 Å². The standard InChI is InChI=1S/C27H28Cl2N2O5.C2HF3O2/c1-4-30-24(32)21-22(25(30)33)27(26(34)36-3)11-5-6-12-31(27)23(21)16-7-9-17(20(14-16)35-2)15-8-10-18(28)19(29)13-15;3-2(4,5)1(6)7/h7-10,13-14,21-23H,4-6,11-12H2,1-3H3;(H,6,7)/t21?,22?,23?,27-;/m0./s1. The van der Waals surface area contributed by atoms with Gasteiger partial charge in [0.1, 0.15) is 11.3 Å². The van der Waals surface area contributed by atoms with E-state index in [9.17, 15) is 27.6 Å². The first-order valence-electron chi connectivity index (χ1n) is 13.4. The normalized spacial score (nSPS) is 25.0. The molecule has 3 heterocycles. The summed E-state index contributed by atoms with van der Waals surface area (Å²) in [7, 11) is 2.93. The van der Waals surface area contributed by atoms with E-state index < -0.39 is 41.5 Å². The number of carboxylic acids is 1. The first kappa shape index (κ1) is 32.6. The summed E-state index contributed by atoms with van der Waals surface area (Å²) in [6, 6.07) is 10.7. The number of halogens is 5. The molecule has 3 fully saturated rings. The predicted molar refractivity (Wildman–Crippen MR) is 150 cm³/mol. The molecule has 1 N–H and O–H groups in total. The molecule has 0 aromatic heterocycles. The molecule has 14 heteroatoms. The Kier molecular flexibility index (Phi) is 9.34. The summed E-state index contributed by atoms with van der Waals surface area (Å²) in [5.74, 6) is -4.57. The minimum atomic E-state index is -5.08. The fourth-order valence-electron chi connectivity index (χ4n) is 6.52. The summed E-state index contributed by atoms with van der Waals surface area (Å²) in [5, 5.41) is 8.02. The molecule has 2 aromatic carbocycles. The summed E-state index contributed by atoms with van der Waals surface area (Å²) in [4.78, 5) is 52.7. The Morgan fingerprint density at radius 2 is 1.72 bits per heavy atom. The van der Waals surface area contributed by atoms with Gasteiger partial charge >= 0.3 is 18.1 Å². The Bertz CT molecular complexity index is 1450. The van der Waals surface area contributed by atoms with Crippen LogP contribution in [0.4, 0.5) is 13.2 Å². The average molecular weight is 645 g/mol. The molecule has 0 spiro atoms. The Morgan fingerprint density at radius 1 is 1.05 bits per heavy atom. The van der Waals surface area contributed by atoms with E-state index in [1.807, 2.05) is 29.2 Å². The highest BCUT2D eigenvalue weighted by molar-refractivity contribution is 6.42. The van der Waals surface area contributed by atoms with Crippen LogP contribution in [0.25, 0.3) is 11.1 Å². The number of aliphatic carboxylic acids is 1. The molecule has 9 nitrogen and oxygen atoms in total. The van der Waals surface area contributed by atoms with Gasteiger partial charge in [0.15, 0.2) is 0 Å². The number of hydrogen-bond donors (Lipinski definition) is 1. The zero-order valence-corrected chi connectivity index (χ0v) is 24.9. The van der Waals surface area contributed by atoms with Crippen molar-refractivity contribution in [3.63, 3.8) is 0 Å². The minimum Gasteiger partial charge on any atom is -0.496 e. The summed E-state index contributed by atoms with van der Waals surface area (Å²) in [5.41, 5.74) is 1.31. The maximum absolute atomic E-state index is 13.6. The number of ether oxygens (including phenoxy) is 2. The number of amides is 2. The lowest BCUT2D eigenvalue weighted by Gasteiger charge is -2.44. The Labute approximate surface area is 255 Å². The molecule has 5 rings (SSSR count). The molecule has 3 unspecified atom stereocenters. The van der Waals surface area contributed by atoms with Crippen molar-refractivity contribution in [3.8, 4) is 16.9 Å². The number of benzene rings is 2. The zero-order chi connectivity index (χ0) is 31.9. The van der Waals surface area contributed by atoms with Crippen LogP contribution in [0.2, 0.25) is 10.0 Å². The van der Waals surface area contributed by atoms with E-state index in [0.717, 1.165) is 29.5 Å². The maximum Gasteiger partial charge on any atom is 0.490 e. The molecule has 3 aliphatic heterocycles. The molecule has 0 saturated carbocycles. The monoisotopic (exact) mass is 644 g/mol. The summed E-state index contributed by atoms with van der Waals surface area (Å²) in [6.07, 6.45) is -2.95. The van der Waals surface area contributed by atoms with Crippen molar-refractivity contribution in [1.29, 1.82) is 0 Å². The third-order valence-electron chi connectivity index (χ3n) is 8.25. The number of carbonyl (C=O) groups excluding carboxylic acids is 3. The van der Waals surface area contributed by atoms with Gasteiger partial charge in [-0.25, -0.2) is 4.79 Å². The molecule has 0 bridgehead atoms. The SMILES string of the molecule is CCN1C(=O)C2C(c3ccc(-c4ccc(Cl)c(Cl)c4)c(OC)c3)N3CCCC[C@@]3(C(=O)OC)C2C1=O.O=C(O)C(F)(F)F. The van der Waals surface area contributed by atoms with Crippen molar-refractivity contribution < 1.29 is 46.9 Å². The molecule has 2 aromatic rings. The van der Waals surface area contributed by atoms with E-state index in [1.54, 1.807) is 26.2 Å². The number of alkyl halides is 3. The van der Waals surface area contributed by atoms with Crippen molar-refractivity contribution in [2.75, 3.05) is 27.3 Å². The van der Waals surface area contributed by atoms with Gasteiger partial charge in [-0.1, -0.05) is 41.4 Å². The molecule has 232 valence electrons. The lowest BCUT2D eigenvalue weighted by Crippen LogP contribution is -2.59. The van der Waals surface area contributed by atoms with Gasteiger partial charge < -0.3 is 14.6 Å². The lowest BCUT2D eigenvalue weighted by molar-refractivity contribution is -0.192. The Morgan fingerprint density at radius 3 is 2.28 bits per heavy atom. The molecule has 3 saturated heterocycles. The number of rotatable bonds is 5. The third kappa shape index (κ3) is 5.56. The second-order valence-corrected chi connectivity index (χ2v) is 11.1. The van der Waals surface area contributed by atoms with Crippen molar-refractivity contribution >= 4 is 47.0 Å². The number of imide groups is 1. The fraction of sp³-hybridized carbons (Fsp3) is 0.448. The van der Waals surface area contributed by atoms with Crippen LogP contribution in [0.5, 0.6) is 5.75 Å². The highest BCUT2D eigenvalue weighted by atomic mass is 35.5. The van der Waals surface area contributed by atoms with E-state index in [1.165, 1.54) is 12.0 Å². The van der Waals surface area contributed by atoms with Gasteiger partial charge in [-0.15, -0.1) is 0 Å². The van der Waals surface area contributed by atoms with Gasteiger partial charge in [0.2, 0.25) is 11.8 Å². The van der Waals surface area contributed by atoms with Crippen LogP contribution in [0.1, 0.15) is 37.8 Å². The van der Waals surface area contributed by atoms with Gasteiger partial charge in [-0.3, -0.25) is 24.2 Å². The first-order chi connectivity index (χ1) is 20.2. The van der Waals surface area contributed by atoms with E-state index in [0.29, 0.717) is 28.8 Å². The van der Waals surface area contributed by atoms with Crippen LogP contribution < -0.4 is 4.74 Å². The minimum absolute atomic E-state index is 0.234. The van der Waals surface area contributed by atoms with E-state index in [-0.39, 0.29) is 18.4 Å². The van der Waals surface area contributed by atoms with Gasteiger partial charge in [-0.2, -0.15) is 13.2 Å². The van der Waals surface area contributed by atoms with Crippen LogP contribution in [-0.2, 0) is 23.9 Å². The van der Waals surface area contributed by atoms with Crippen LogP contribution in [0.15, 0.2) is 36.4 Å². The highest BCUT2D eigenvalue weighted by Crippen LogP contribution is 2.58. The molecule has 4 atom stereocenters. The maximum atomic E-state index is 13.6. The number of nitrogens with zero attached hydrogens (tertiary/aromatic N) is 2. The zero-order valence-electron chi connectivity index (χ0n) is 23.4. The number of hydrogen-bond acceptors (Lipinski definition) is 7. The van der Waals surface area contributed by atoms with Crippen LogP contribution in [0, 0.1) is 11.8 Å². The topological polar surface area (TPSA) is 113 Å². The largest absolute Gasteiger partial charge is 0.496 e.